The minimum Gasteiger partial charge on any atom is -0.368 e. The van der Waals surface area contributed by atoms with Gasteiger partial charge in [-0.25, -0.2) is 0 Å². The van der Waals surface area contributed by atoms with Crippen molar-refractivity contribution in [3.05, 3.63) is 59.7 Å². The predicted molar refractivity (Wildman–Crippen MR) is 105 cm³/mol. The van der Waals surface area contributed by atoms with Crippen molar-refractivity contribution < 1.29 is 9.59 Å². The molecule has 0 saturated carbocycles. The quantitative estimate of drug-likeness (QED) is 0.907. The first-order valence-corrected chi connectivity index (χ1v) is 8.95. The van der Waals surface area contributed by atoms with Crippen LogP contribution in [0.1, 0.15) is 22.3 Å². The lowest BCUT2D eigenvalue weighted by atomic mass is 10.1. The number of hydrogen-bond donors (Lipinski definition) is 1. The topological polar surface area (TPSA) is 76.4 Å². The van der Waals surface area contributed by atoms with Gasteiger partial charge in [0.05, 0.1) is 6.07 Å². The van der Waals surface area contributed by atoms with Gasteiger partial charge in [-0.3, -0.25) is 9.59 Å². The number of amides is 2. The first kappa shape index (κ1) is 18.5. The number of anilines is 2. The van der Waals surface area contributed by atoms with E-state index in [0.717, 1.165) is 29.9 Å². The van der Waals surface area contributed by atoms with Crippen LogP contribution in [-0.4, -0.2) is 42.9 Å². The number of benzene rings is 2. The van der Waals surface area contributed by atoms with Crippen molar-refractivity contribution in [3.8, 4) is 6.07 Å². The lowest BCUT2D eigenvalue weighted by Gasteiger charge is -2.36. The molecule has 1 saturated heterocycles. The number of hydrogen-bond acceptors (Lipinski definition) is 4. The van der Waals surface area contributed by atoms with E-state index in [9.17, 15) is 9.59 Å². The fourth-order valence-electron chi connectivity index (χ4n) is 3.18. The average Bonchev–Trinajstić information content (AvgIpc) is 2.69. The van der Waals surface area contributed by atoms with E-state index < -0.39 is 0 Å². The number of nitriles is 1. The number of aryl methyl sites for hydroxylation is 1. The molecular weight excluding hydrogens is 340 g/mol. The van der Waals surface area contributed by atoms with E-state index in [0.29, 0.717) is 18.8 Å². The van der Waals surface area contributed by atoms with E-state index in [1.54, 1.807) is 0 Å². The zero-order chi connectivity index (χ0) is 19.2. The molecular formula is C21H22N4O2. The molecule has 2 aromatic carbocycles. The Bertz CT molecular complexity index is 862. The zero-order valence-electron chi connectivity index (χ0n) is 15.3. The second-order valence-electron chi connectivity index (χ2n) is 6.52. The fourth-order valence-corrected chi connectivity index (χ4v) is 3.18. The summed E-state index contributed by atoms with van der Waals surface area (Å²) in [5, 5.41) is 11.2. The summed E-state index contributed by atoms with van der Waals surface area (Å²) >= 11 is 0. The van der Waals surface area contributed by atoms with Crippen molar-refractivity contribution in [1.82, 2.24) is 4.90 Å². The third-order valence-corrected chi connectivity index (χ3v) is 4.70. The van der Waals surface area contributed by atoms with Crippen molar-refractivity contribution in [2.24, 2.45) is 0 Å². The van der Waals surface area contributed by atoms with Gasteiger partial charge in [-0.15, -0.1) is 0 Å². The Morgan fingerprint density at radius 1 is 1.04 bits per heavy atom. The monoisotopic (exact) mass is 362 g/mol. The van der Waals surface area contributed by atoms with Crippen LogP contribution in [0.2, 0.25) is 0 Å². The van der Waals surface area contributed by atoms with E-state index in [-0.39, 0.29) is 18.2 Å². The molecule has 1 N–H and O–H groups in total. The van der Waals surface area contributed by atoms with Crippen molar-refractivity contribution in [2.75, 3.05) is 36.4 Å². The van der Waals surface area contributed by atoms with E-state index in [1.807, 2.05) is 66.4 Å². The molecule has 0 radical (unpaired) electrons. The highest BCUT2D eigenvalue weighted by Crippen LogP contribution is 2.21. The van der Waals surface area contributed by atoms with Gasteiger partial charge in [0.25, 0.3) is 5.91 Å². The van der Waals surface area contributed by atoms with E-state index in [2.05, 4.69) is 10.2 Å². The summed E-state index contributed by atoms with van der Waals surface area (Å²) in [6, 6.07) is 17.0. The molecule has 1 heterocycles. The van der Waals surface area contributed by atoms with Crippen LogP contribution in [0.5, 0.6) is 0 Å². The molecule has 0 aromatic heterocycles. The Hall–Kier alpha value is -3.33. The number of piperazine rings is 1. The zero-order valence-corrected chi connectivity index (χ0v) is 15.3. The maximum atomic E-state index is 12.7. The third-order valence-electron chi connectivity index (χ3n) is 4.70. The highest BCUT2D eigenvalue weighted by molar-refractivity contribution is 5.95. The lowest BCUT2D eigenvalue weighted by molar-refractivity contribution is -0.115. The Labute approximate surface area is 159 Å². The molecule has 6 heteroatoms. The molecule has 0 aliphatic carbocycles. The highest BCUT2D eigenvalue weighted by Gasteiger charge is 2.23. The molecule has 0 atom stereocenters. The predicted octanol–water partition coefficient (Wildman–Crippen LogP) is 2.81. The summed E-state index contributed by atoms with van der Waals surface area (Å²) in [7, 11) is 0. The van der Waals surface area contributed by atoms with Crippen LogP contribution in [0.25, 0.3) is 0 Å². The number of carbonyl (C=O) groups is 2. The highest BCUT2D eigenvalue weighted by atomic mass is 16.2. The van der Waals surface area contributed by atoms with Crippen molar-refractivity contribution in [3.63, 3.8) is 0 Å². The fraction of sp³-hybridized carbons (Fsp3) is 0.286. The Kier molecular flexibility index (Phi) is 5.72. The summed E-state index contributed by atoms with van der Waals surface area (Å²) in [5.74, 6) is -0.225. The minimum atomic E-state index is -0.311. The SMILES string of the molecule is Cc1ccccc1C(=O)N1CCN(c2ccc(NC(=O)CC#N)cc2)CC1. The Balaban J connectivity index is 1.58. The number of carbonyl (C=O) groups excluding carboxylic acids is 2. The normalized spacial score (nSPS) is 13.8. The van der Waals surface area contributed by atoms with Gasteiger partial charge in [0.1, 0.15) is 6.42 Å². The number of rotatable bonds is 4. The van der Waals surface area contributed by atoms with Gasteiger partial charge >= 0.3 is 0 Å². The maximum absolute atomic E-state index is 12.7. The molecule has 1 aliphatic rings. The van der Waals surface area contributed by atoms with Crippen LogP contribution < -0.4 is 10.2 Å². The Morgan fingerprint density at radius 2 is 1.70 bits per heavy atom. The molecule has 2 amide bonds. The van der Waals surface area contributed by atoms with Crippen molar-refractivity contribution in [1.29, 1.82) is 5.26 Å². The third kappa shape index (κ3) is 4.45. The first-order chi connectivity index (χ1) is 13.1. The second-order valence-corrected chi connectivity index (χ2v) is 6.52. The molecule has 1 aliphatic heterocycles. The molecule has 138 valence electrons. The average molecular weight is 362 g/mol. The molecule has 0 unspecified atom stereocenters. The smallest absolute Gasteiger partial charge is 0.254 e. The number of nitrogens with zero attached hydrogens (tertiary/aromatic N) is 3. The largest absolute Gasteiger partial charge is 0.368 e. The maximum Gasteiger partial charge on any atom is 0.254 e. The lowest BCUT2D eigenvalue weighted by Crippen LogP contribution is -2.48. The van der Waals surface area contributed by atoms with Crippen molar-refractivity contribution >= 4 is 23.2 Å². The number of nitrogens with one attached hydrogen (secondary N) is 1. The van der Waals surface area contributed by atoms with Crippen molar-refractivity contribution in [2.45, 2.75) is 13.3 Å². The summed E-state index contributed by atoms with van der Waals surface area (Å²) in [4.78, 5) is 28.3. The van der Waals surface area contributed by atoms with Gasteiger partial charge in [-0.1, -0.05) is 18.2 Å². The summed E-state index contributed by atoms with van der Waals surface area (Å²) < 4.78 is 0. The van der Waals surface area contributed by atoms with Gasteiger partial charge in [-0.05, 0) is 42.8 Å². The van der Waals surface area contributed by atoms with Gasteiger partial charge in [0.15, 0.2) is 0 Å². The molecule has 3 rings (SSSR count). The minimum absolute atomic E-state index is 0.0864. The first-order valence-electron chi connectivity index (χ1n) is 8.95. The summed E-state index contributed by atoms with van der Waals surface area (Å²) in [6.07, 6.45) is -0.154. The molecule has 6 nitrogen and oxygen atoms in total. The molecule has 0 bridgehead atoms. The standard InChI is InChI=1S/C21H22N4O2/c1-16-4-2-3-5-19(16)21(27)25-14-12-24(13-15-25)18-8-6-17(7-9-18)23-20(26)10-11-22/h2-9H,10,12-15H2,1H3,(H,23,26). The molecule has 27 heavy (non-hydrogen) atoms. The van der Waals surface area contributed by atoms with Crippen LogP contribution in [0.15, 0.2) is 48.5 Å². The van der Waals surface area contributed by atoms with E-state index in [1.165, 1.54) is 0 Å². The summed E-state index contributed by atoms with van der Waals surface area (Å²) in [5.41, 5.74) is 3.49. The van der Waals surface area contributed by atoms with Crippen LogP contribution in [0.3, 0.4) is 0 Å². The van der Waals surface area contributed by atoms with E-state index >= 15 is 0 Å². The molecule has 0 spiro atoms. The van der Waals surface area contributed by atoms with Gasteiger partial charge in [0, 0.05) is 43.1 Å². The molecule has 1 fully saturated rings. The summed E-state index contributed by atoms with van der Waals surface area (Å²) in [6.45, 7) is 4.83. The Morgan fingerprint density at radius 3 is 2.33 bits per heavy atom. The molecule has 2 aromatic rings. The second kappa shape index (κ2) is 8.37. The van der Waals surface area contributed by atoms with Gasteiger partial charge in [-0.2, -0.15) is 5.26 Å². The van der Waals surface area contributed by atoms with Gasteiger partial charge in [0.2, 0.25) is 5.91 Å². The van der Waals surface area contributed by atoms with E-state index in [4.69, 9.17) is 5.26 Å². The van der Waals surface area contributed by atoms with Gasteiger partial charge < -0.3 is 15.1 Å². The van der Waals surface area contributed by atoms with Crippen LogP contribution in [0, 0.1) is 18.3 Å². The van der Waals surface area contributed by atoms with Crippen LogP contribution in [0.4, 0.5) is 11.4 Å². The van der Waals surface area contributed by atoms with Crippen LogP contribution >= 0.6 is 0 Å². The van der Waals surface area contributed by atoms with Crippen LogP contribution in [-0.2, 0) is 4.79 Å².